The van der Waals surface area contributed by atoms with Gasteiger partial charge in [0.05, 0.1) is 24.8 Å². The van der Waals surface area contributed by atoms with Crippen LogP contribution >= 0.6 is 0 Å². The summed E-state index contributed by atoms with van der Waals surface area (Å²) < 4.78 is 0. The fourth-order valence-corrected chi connectivity index (χ4v) is 5.28. The monoisotopic (exact) mass is 448 g/mol. The average molecular weight is 449 g/mol. The minimum absolute atomic E-state index is 0.00281. The molecule has 3 aliphatic heterocycles. The summed E-state index contributed by atoms with van der Waals surface area (Å²) in [5.41, 5.74) is 2.82. The lowest BCUT2D eigenvalue weighted by Gasteiger charge is -2.36. The summed E-state index contributed by atoms with van der Waals surface area (Å²) in [6.07, 6.45) is 8.18. The van der Waals surface area contributed by atoms with Crippen LogP contribution < -0.4 is 4.90 Å². The van der Waals surface area contributed by atoms with Crippen LogP contribution in [0, 0.1) is 6.92 Å². The van der Waals surface area contributed by atoms with Gasteiger partial charge < -0.3 is 4.90 Å². The molecule has 3 aliphatic rings. The second-order valence-electron chi connectivity index (χ2n) is 9.34. The van der Waals surface area contributed by atoms with E-state index in [1.807, 2.05) is 30.0 Å². The molecule has 0 radical (unpaired) electrons. The lowest BCUT2D eigenvalue weighted by molar-refractivity contribution is -0.132. The first-order valence-electron chi connectivity index (χ1n) is 12.2. The molecule has 2 amide bonds. The molecule has 2 aromatic rings. The number of anilines is 1. The number of rotatable bonds is 5. The molecule has 0 bridgehead atoms. The molecule has 0 N–H and O–H groups in total. The molecule has 33 heavy (non-hydrogen) atoms. The second-order valence-corrected chi connectivity index (χ2v) is 9.34. The van der Waals surface area contributed by atoms with E-state index in [-0.39, 0.29) is 17.9 Å². The van der Waals surface area contributed by atoms with Crippen LogP contribution in [0.5, 0.6) is 0 Å². The van der Waals surface area contributed by atoms with Crippen LogP contribution in [0.4, 0.5) is 5.82 Å². The highest BCUT2D eigenvalue weighted by Gasteiger charge is 2.33. The van der Waals surface area contributed by atoms with E-state index in [0.717, 1.165) is 80.3 Å². The minimum Gasteiger partial charge on any atom is -0.342 e. The van der Waals surface area contributed by atoms with E-state index in [9.17, 15) is 9.59 Å². The first kappa shape index (κ1) is 21.9. The quantitative estimate of drug-likeness (QED) is 0.700. The Hall–Kier alpha value is -2.87. The molecule has 5 heterocycles. The molecule has 0 spiro atoms. The Morgan fingerprint density at radius 2 is 1.88 bits per heavy atom. The highest BCUT2D eigenvalue weighted by Crippen LogP contribution is 2.34. The number of piperidine rings is 1. The Morgan fingerprint density at radius 3 is 2.67 bits per heavy atom. The largest absolute Gasteiger partial charge is 0.342 e. The molecule has 0 saturated carbocycles. The van der Waals surface area contributed by atoms with Crippen molar-refractivity contribution in [1.29, 1.82) is 0 Å². The zero-order valence-electron chi connectivity index (χ0n) is 19.4. The van der Waals surface area contributed by atoms with Gasteiger partial charge in [0.1, 0.15) is 11.6 Å². The number of aryl methyl sites for hydroxylation is 1. The topological polar surface area (TPSA) is 82.5 Å². The number of amides is 2. The van der Waals surface area contributed by atoms with E-state index in [1.54, 1.807) is 11.1 Å². The SMILES string of the molecule is Cc1nc([C@@H]2CCCCN2CC(=O)N2CCCC2)nc2c1CCC(=O)N2Cc1ccccn1. The molecular weight excluding hydrogens is 416 g/mol. The fourth-order valence-electron chi connectivity index (χ4n) is 5.28. The number of carbonyl (C=O) groups excluding carboxylic acids is 2. The Kier molecular flexibility index (Phi) is 6.35. The van der Waals surface area contributed by atoms with E-state index in [0.29, 0.717) is 25.9 Å². The van der Waals surface area contributed by atoms with Crippen LogP contribution in [0.1, 0.15) is 67.3 Å². The maximum atomic E-state index is 12.9. The van der Waals surface area contributed by atoms with Gasteiger partial charge in [-0.2, -0.15) is 0 Å². The molecule has 174 valence electrons. The molecule has 0 aromatic carbocycles. The number of pyridine rings is 1. The van der Waals surface area contributed by atoms with Crippen molar-refractivity contribution >= 4 is 17.6 Å². The smallest absolute Gasteiger partial charge is 0.236 e. The normalized spacial score (nSPS) is 21.4. The summed E-state index contributed by atoms with van der Waals surface area (Å²) >= 11 is 0. The second kappa shape index (κ2) is 9.55. The zero-order chi connectivity index (χ0) is 22.8. The molecule has 2 aromatic heterocycles. The molecule has 2 fully saturated rings. The highest BCUT2D eigenvalue weighted by atomic mass is 16.2. The van der Waals surface area contributed by atoms with Crippen molar-refractivity contribution in [2.45, 2.75) is 64.5 Å². The summed E-state index contributed by atoms with van der Waals surface area (Å²) in [7, 11) is 0. The van der Waals surface area contributed by atoms with Crippen molar-refractivity contribution < 1.29 is 9.59 Å². The van der Waals surface area contributed by atoms with Gasteiger partial charge >= 0.3 is 0 Å². The van der Waals surface area contributed by atoms with Crippen LogP contribution in [0.3, 0.4) is 0 Å². The Bertz CT molecular complexity index is 1020. The van der Waals surface area contributed by atoms with Gasteiger partial charge in [-0.05, 0) is 57.7 Å². The predicted octanol–water partition coefficient (Wildman–Crippen LogP) is 2.81. The van der Waals surface area contributed by atoms with Crippen molar-refractivity contribution in [3.05, 3.63) is 47.2 Å². The first-order valence-corrected chi connectivity index (χ1v) is 12.2. The number of hydrogen-bond donors (Lipinski definition) is 0. The van der Waals surface area contributed by atoms with Crippen molar-refractivity contribution in [3.63, 3.8) is 0 Å². The van der Waals surface area contributed by atoms with Gasteiger partial charge in [0.25, 0.3) is 0 Å². The minimum atomic E-state index is 0.00281. The number of carbonyl (C=O) groups is 2. The summed E-state index contributed by atoms with van der Waals surface area (Å²) in [6, 6.07) is 5.75. The van der Waals surface area contributed by atoms with Gasteiger partial charge in [-0.1, -0.05) is 12.5 Å². The molecule has 5 rings (SSSR count). The van der Waals surface area contributed by atoms with Gasteiger partial charge in [0.15, 0.2) is 0 Å². The summed E-state index contributed by atoms with van der Waals surface area (Å²) in [5.74, 6) is 1.74. The molecule has 8 nitrogen and oxygen atoms in total. The van der Waals surface area contributed by atoms with Crippen molar-refractivity contribution in [3.8, 4) is 0 Å². The van der Waals surface area contributed by atoms with Crippen molar-refractivity contribution in [1.82, 2.24) is 24.8 Å². The molecule has 1 atom stereocenters. The standard InChI is InChI=1S/C25H32N6O2/c1-18-20-10-11-22(32)31(16-19-8-2-4-12-26-19)25(20)28-24(27-18)21-9-3-5-15-30(21)17-23(33)29-13-6-7-14-29/h2,4,8,12,21H,3,5-7,9-11,13-17H2,1H3/t21-/m0/s1. The lowest BCUT2D eigenvalue weighted by atomic mass is 9.99. The molecule has 0 aliphatic carbocycles. The number of nitrogens with zero attached hydrogens (tertiary/aromatic N) is 6. The Morgan fingerprint density at radius 1 is 1.06 bits per heavy atom. The number of hydrogen-bond acceptors (Lipinski definition) is 6. The summed E-state index contributed by atoms with van der Waals surface area (Å²) in [5, 5.41) is 0. The van der Waals surface area contributed by atoms with Gasteiger partial charge in [0.2, 0.25) is 11.8 Å². The first-order chi connectivity index (χ1) is 16.1. The van der Waals surface area contributed by atoms with E-state index < -0.39 is 0 Å². The molecular formula is C25H32N6O2. The number of likely N-dealkylation sites (tertiary alicyclic amines) is 2. The van der Waals surface area contributed by atoms with Crippen LogP contribution in [0.15, 0.2) is 24.4 Å². The Balaban J connectivity index is 1.43. The number of aromatic nitrogens is 3. The third-order valence-electron chi connectivity index (χ3n) is 7.11. The van der Waals surface area contributed by atoms with E-state index in [4.69, 9.17) is 9.97 Å². The maximum Gasteiger partial charge on any atom is 0.236 e. The van der Waals surface area contributed by atoms with Gasteiger partial charge in [-0.3, -0.25) is 24.4 Å². The van der Waals surface area contributed by atoms with Crippen LogP contribution in [-0.2, 0) is 22.6 Å². The fraction of sp³-hybridized carbons (Fsp3) is 0.560. The number of fused-ring (bicyclic) bond motifs is 1. The van der Waals surface area contributed by atoms with E-state index in [2.05, 4.69) is 9.88 Å². The van der Waals surface area contributed by atoms with Crippen LogP contribution in [0.2, 0.25) is 0 Å². The maximum absolute atomic E-state index is 12.9. The van der Waals surface area contributed by atoms with E-state index in [1.165, 1.54) is 0 Å². The van der Waals surface area contributed by atoms with Crippen molar-refractivity contribution in [2.75, 3.05) is 31.1 Å². The predicted molar refractivity (Wildman–Crippen MR) is 124 cm³/mol. The highest BCUT2D eigenvalue weighted by molar-refractivity contribution is 5.95. The van der Waals surface area contributed by atoms with Crippen molar-refractivity contribution in [2.24, 2.45) is 0 Å². The van der Waals surface area contributed by atoms with Gasteiger partial charge in [-0.15, -0.1) is 0 Å². The third kappa shape index (κ3) is 4.62. The van der Waals surface area contributed by atoms with Gasteiger partial charge in [-0.25, -0.2) is 9.97 Å². The molecule has 8 heteroatoms. The molecule has 2 saturated heterocycles. The van der Waals surface area contributed by atoms with Gasteiger partial charge in [0, 0.05) is 37.0 Å². The molecule has 0 unspecified atom stereocenters. The third-order valence-corrected chi connectivity index (χ3v) is 7.11. The zero-order valence-corrected chi connectivity index (χ0v) is 19.4. The summed E-state index contributed by atoms with van der Waals surface area (Å²) in [6.45, 7) is 5.46. The average Bonchev–Trinajstić information content (AvgIpc) is 3.37. The Labute approximate surface area is 195 Å². The van der Waals surface area contributed by atoms with Crippen LogP contribution in [0.25, 0.3) is 0 Å². The van der Waals surface area contributed by atoms with E-state index >= 15 is 0 Å². The van der Waals surface area contributed by atoms with Crippen LogP contribution in [-0.4, -0.2) is 62.7 Å². The lowest BCUT2D eigenvalue weighted by Crippen LogP contribution is -2.43. The summed E-state index contributed by atoms with van der Waals surface area (Å²) in [4.78, 5) is 46.1.